The molecule has 1 heterocycles. The predicted octanol–water partition coefficient (Wildman–Crippen LogP) is 3.54. The maximum Gasteiger partial charge on any atom is 0.165 e. The van der Waals surface area contributed by atoms with Gasteiger partial charge in [0.05, 0.1) is 6.61 Å². The molecular weight excluding hydrogens is 219 g/mol. The molecule has 3 heteroatoms. The predicted molar refractivity (Wildman–Crippen MR) is 63.1 cm³/mol. The van der Waals surface area contributed by atoms with Gasteiger partial charge in [0.15, 0.2) is 11.6 Å². The normalized spacial score (nSPS) is 24.3. The summed E-state index contributed by atoms with van der Waals surface area (Å²) in [6.07, 6.45) is 2.37. The quantitative estimate of drug-likeness (QED) is 0.851. The lowest BCUT2D eigenvalue weighted by Crippen LogP contribution is -2.00. The van der Waals surface area contributed by atoms with Crippen molar-refractivity contribution in [1.82, 2.24) is 0 Å². The van der Waals surface area contributed by atoms with Crippen LogP contribution in [0, 0.1) is 11.7 Å². The summed E-state index contributed by atoms with van der Waals surface area (Å²) in [5.41, 5.74) is 1.41. The first-order valence-electron chi connectivity index (χ1n) is 6.27. The zero-order valence-corrected chi connectivity index (χ0v) is 10.2. The van der Waals surface area contributed by atoms with Gasteiger partial charge in [0.2, 0.25) is 0 Å². The number of ether oxygens (including phenoxy) is 1. The van der Waals surface area contributed by atoms with Crippen molar-refractivity contribution in [3.8, 4) is 11.5 Å². The van der Waals surface area contributed by atoms with E-state index in [9.17, 15) is 9.50 Å². The highest BCUT2D eigenvalue weighted by Crippen LogP contribution is 2.50. The summed E-state index contributed by atoms with van der Waals surface area (Å²) in [6.45, 7) is 4.48. The van der Waals surface area contributed by atoms with Crippen LogP contribution >= 0.6 is 0 Å². The molecule has 2 aliphatic rings. The molecule has 17 heavy (non-hydrogen) atoms. The van der Waals surface area contributed by atoms with Gasteiger partial charge in [-0.25, -0.2) is 4.39 Å². The van der Waals surface area contributed by atoms with E-state index in [0.29, 0.717) is 18.1 Å². The van der Waals surface area contributed by atoms with Crippen molar-refractivity contribution in [2.24, 2.45) is 5.92 Å². The minimum absolute atomic E-state index is 0.0749. The van der Waals surface area contributed by atoms with Gasteiger partial charge in [-0.3, -0.25) is 0 Å². The fourth-order valence-electron chi connectivity index (χ4n) is 2.75. The van der Waals surface area contributed by atoms with Gasteiger partial charge in [-0.05, 0) is 30.7 Å². The Hall–Kier alpha value is -1.25. The van der Waals surface area contributed by atoms with Crippen LogP contribution < -0.4 is 4.74 Å². The van der Waals surface area contributed by atoms with Crippen molar-refractivity contribution in [1.29, 1.82) is 0 Å². The molecule has 0 aromatic heterocycles. The number of halogens is 1. The highest BCUT2D eigenvalue weighted by atomic mass is 19.1. The second-order valence-corrected chi connectivity index (χ2v) is 5.38. The lowest BCUT2D eigenvalue weighted by atomic mass is 9.90. The van der Waals surface area contributed by atoms with Crippen molar-refractivity contribution in [3.63, 3.8) is 0 Å². The summed E-state index contributed by atoms with van der Waals surface area (Å²) < 4.78 is 19.2. The summed E-state index contributed by atoms with van der Waals surface area (Å²) >= 11 is 0. The molecule has 0 saturated heterocycles. The molecule has 1 N–H and O–H groups in total. The SMILES string of the molecule is C[C@H]1COc2c(F)cc([C@H](C)C3CC3)c(O)c21. The minimum atomic E-state index is -0.329. The van der Waals surface area contributed by atoms with Gasteiger partial charge in [-0.1, -0.05) is 13.8 Å². The number of hydrogen-bond donors (Lipinski definition) is 1. The summed E-state index contributed by atoms with van der Waals surface area (Å²) in [7, 11) is 0. The Morgan fingerprint density at radius 1 is 1.47 bits per heavy atom. The fourth-order valence-corrected chi connectivity index (χ4v) is 2.75. The van der Waals surface area contributed by atoms with Gasteiger partial charge in [-0.15, -0.1) is 0 Å². The maximum atomic E-state index is 13.9. The average molecular weight is 236 g/mol. The van der Waals surface area contributed by atoms with Gasteiger partial charge in [0, 0.05) is 17.0 Å². The molecule has 2 nitrogen and oxygen atoms in total. The zero-order chi connectivity index (χ0) is 12.2. The second-order valence-electron chi connectivity index (χ2n) is 5.38. The number of hydrogen-bond acceptors (Lipinski definition) is 2. The third kappa shape index (κ3) is 1.60. The lowest BCUT2D eigenvalue weighted by Gasteiger charge is -2.16. The first-order chi connectivity index (χ1) is 8.09. The molecule has 0 radical (unpaired) electrons. The standard InChI is InChI=1S/C14H17FO2/c1-7-6-17-14-11(15)5-10(13(16)12(7)14)8(2)9-3-4-9/h5,7-9,16H,3-4,6H2,1-2H3/t7-,8+/m0/s1. The van der Waals surface area contributed by atoms with Crippen LogP contribution in [0.25, 0.3) is 0 Å². The molecule has 1 saturated carbocycles. The van der Waals surface area contributed by atoms with Crippen molar-refractivity contribution < 1.29 is 14.2 Å². The highest BCUT2D eigenvalue weighted by molar-refractivity contribution is 5.55. The smallest absolute Gasteiger partial charge is 0.165 e. The van der Waals surface area contributed by atoms with E-state index in [1.807, 2.05) is 6.92 Å². The van der Waals surface area contributed by atoms with E-state index in [-0.39, 0.29) is 29.2 Å². The molecule has 0 bridgehead atoms. The molecule has 1 aromatic carbocycles. The van der Waals surface area contributed by atoms with E-state index < -0.39 is 0 Å². The molecule has 3 rings (SSSR count). The van der Waals surface area contributed by atoms with E-state index in [0.717, 1.165) is 5.56 Å². The Bertz CT molecular complexity index is 466. The number of phenolic OH excluding ortho intramolecular Hbond substituents is 1. The van der Waals surface area contributed by atoms with E-state index in [1.54, 1.807) is 0 Å². The monoisotopic (exact) mass is 236 g/mol. The van der Waals surface area contributed by atoms with Gasteiger partial charge in [0.1, 0.15) is 5.75 Å². The minimum Gasteiger partial charge on any atom is -0.507 e. The average Bonchev–Trinajstić information content (AvgIpc) is 3.06. The van der Waals surface area contributed by atoms with E-state index in [2.05, 4.69) is 6.92 Å². The molecule has 1 aromatic rings. The largest absolute Gasteiger partial charge is 0.507 e. The first-order valence-corrected chi connectivity index (χ1v) is 6.27. The second kappa shape index (κ2) is 3.62. The molecule has 0 amide bonds. The van der Waals surface area contributed by atoms with Crippen LogP contribution in [0.1, 0.15) is 49.7 Å². The number of benzene rings is 1. The third-order valence-electron chi connectivity index (χ3n) is 4.06. The molecule has 1 aliphatic heterocycles. The van der Waals surface area contributed by atoms with Crippen LogP contribution in [-0.2, 0) is 0 Å². The van der Waals surface area contributed by atoms with Gasteiger partial charge in [0.25, 0.3) is 0 Å². The molecule has 1 fully saturated rings. The van der Waals surface area contributed by atoms with Crippen LogP contribution in [0.4, 0.5) is 4.39 Å². The Kier molecular flexibility index (Phi) is 2.32. The first kappa shape index (κ1) is 10.9. The van der Waals surface area contributed by atoms with Crippen LogP contribution in [-0.4, -0.2) is 11.7 Å². The number of fused-ring (bicyclic) bond motifs is 1. The van der Waals surface area contributed by atoms with Crippen LogP contribution in [0.2, 0.25) is 0 Å². The molecule has 0 spiro atoms. The van der Waals surface area contributed by atoms with E-state index in [1.165, 1.54) is 18.9 Å². The molecular formula is C14H17FO2. The van der Waals surface area contributed by atoms with Crippen LogP contribution in [0.15, 0.2) is 6.07 Å². The molecule has 0 unspecified atom stereocenters. The lowest BCUT2D eigenvalue weighted by molar-refractivity contribution is 0.322. The highest BCUT2D eigenvalue weighted by Gasteiger charge is 2.35. The maximum absolute atomic E-state index is 13.9. The fraction of sp³-hybridized carbons (Fsp3) is 0.571. The van der Waals surface area contributed by atoms with Crippen LogP contribution in [0.5, 0.6) is 11.5 Å². The van der Waals surface area contributed by atoms with E-state index in [4.69, 9.17) is 4.74 Å². The molecule has 2 atom stereocenters. The van der Waals surface area contributed by atoms with Crippen molar-refractivity contribution in [2.75, 3.05) is 6.61 Å². The Labute approximate surface area is 100 Å². The van der Waals surface area contributed by atoms with Crippen molar-refractivity contribution in [3.05, 3.63) is 23.0 Å². The summed E-state index contributed by atoms with van der Waals surface area (Å²) in [6, 6.07) is 1.45. The summed E-state index contributed by atoms with van der Waals surface area (Å²) in [5, 5.41) is 10.3. The third-order valence-corrected chi connectivity index (χ3v) is 4.06. The van der Waals surface area contributed by atoms with Gasteiger partial charge < -0.3 is 9.84 Å². The number of rotatable bonds is 2. The molecule has 92 valence electrons. The van der Waals surface area contributed by atoms with Crippen molar-refractivity contribution in [2.45, 2.75) is 38.5 Å². The Morgan fingerprint density at radius 3 is 2.82 bits per heavy atom. The Morgan fingerprint density at radius 2 is 2.18 bits per heavy atom. The topological polar surface area (TPSA) is 29.5 Å². The van der Waals surface area contributed by atoms with Gasteiger partial charge >= 0.3 is 0 Å². The molecule has 1 aliphatic carbocycles. The van der Waals surface area contributed by atoms with E-state index >= 15 is 0 Å². The summed E-state index contributed by atoms with van der Waals surface area (Å²) in [5.74, 6) is 1.10. The zero-order valence-electron chi connectivity index (χ0n) is 10.2. The van der Waals surface area contributed by atoms with Gasteiger partial charge in [-0.2, -0.15) is 0 Å². The number of phenols is 1. The van der Waals surface area contributed by atoms with Crippen molar-refractivity contribution >= 4 is 0 Å². The number of aromatic hydroxyl groups is 1. The Balaban J connectivity index is 2.11. The summed E-state index contributed by atoms with van der Waals surface area (Å²) in [4.78, 5) is 0. The van der Waals surface area contributed by atoms with Crippen LogP contribution in [0.3, 0.4) is 0 Å².